The van der Waals surface area contributed by atoms with Gasteiger partial charge >= 0.3 is 0 Å². The molecule has 2 heterocycles. The number of rotatable bonds is 5. The third kappa shape index (κ3) is 3.62. The smallest absolute Gasteiger partial charge is 0.228 e. The van der Waals surface area contributed by atoms with Crippen LogP contribution in [-0.4, -0.2) is 40.7 Å². The van der Waals surface area contributed by atoms with Crippen LogP contribution in [-0.2, 0) is 6.42 Å². The van der Waals surface area contributed by atoms with Gasteiger partial charge in [-0.05, 0) is 5.56 Å². The Kier molecular flexibility index (Phi) is 4.59. The Labute approximate surface area is 147 Å². The normalized spacial score (nSPS) is 20.8. The Bertz CT molecular complexity index is 803. The van der Waals surface area contributed by atoms with Gasteiger partial charge in [0.15, 0.2) is 0 Å². The van der Waals surface area contributed by atoms with E-state index in [1.807, 2.05) is 36.4 Å². The molecule has 1 aromatic heterocycles. The number of nitrogens with two attached hydrogens (primary N) is 1. The summed E-state index contributed by atoms with van der Waals surface area (Å²) in [6, 6.07) is 20.6. The van der Waals surface area contributed by atoms with E-state index in [0.717, 1.165) is 31.6 Å². The molecule has 0 radical (unpaired) electrons. The number of benzene rings is 2. The molecule has 1 aliphatic rings. The monoisotopic (exact) mass is 334 g/mol. The van der Waals surface area contributed by atoms with E-state index in [4.69, 9.17) is 10.3 Å². The predicted octanol–water partition coefficient (Wildman–Crippen LogP) is 2.71. The highest BCUT2D eigenvalue weighted by molar-refractivity contribution is 5.53. The maximum atomic E-state index is 6.36. The maximum absolute atomic E-state index is 6.36. The van der Waals surface area contributed by atoms with E-state index in [2.05, 4.69) is 39.3 Å². The van der Waals surface area contributed by atoms with E-state index < -0.39 is 0 Å². The number of likely N-dealkylation sites (tertiary alicyclic amines) is 1. The Morgan fingerprint density at radius 3 is 2.48 bits per heavy atom. The Hall–Kier alpha value is -2.50. The molecule has 4 rings (SSSR count). The van der Waals surface area contributed by atoms with Crippen LogP contribution in [0.1, 0.15) is 17.4 Å². The maximum Gasteiger partial charge on any atom is 0.228 e. The minimum Gasteiger partial charge on any atom is -0.339 e. The van der Waals surface area contributed by atoms with E-state index in [1.54, 1.807) is 0 Å². The lowest BCUT2D eigenvalue weighted by Crippen LogP contribution is -2.29. The van der Waals surface area contributed by atoms with Crippen LogP contribution in [0, 0.1) is 0 Å². The van der Waals surface area contributed by atoms with Crippen molar-refractivity contribution in [2.75, 3.05) is 19.6 Å². The molecule has 0 amide bonds. The summed E-state index contributed by atoms with van der Waals surface area (Å²) in [6.45, 7) is 2.76. The van der Waals surface area contributed by atoms with Crippen molar-refractivity contribution in [3.05, 3.63) is 72.1 Å². The van der Waals surface area contributed by atoms with E-state index >= 15 is 0 Å². The first-order chi connectivity index (χ1) is 12.3. The standard InChI is InChI=1S/C20H22N4O/c21-18-14-24(13-17(18)15-7-3-1-4-8-15)12-11-19-22-20(23-25-19)16-9-5-2-6-10-16/h1-10,17-18H,11-14,21H2/t17-,18+/m0/s1. The molecule has 1 saturated heterocycles. The van der Waals surface area contributed by atoms with Crippen molar-refractivity contribution >= 4 is 0 Å². The zero-order valence-corrected chi connectivity index (χ0v) is 14.1. The van der Waals surface area contributed by atoms with Gasteiger partial charge < -0.3 is 15.2 Å². The number of aromatic nitrogens is 2. The van der Waals surface area contributed by atoms with E-state index in [0.29, 0.717) is 17.6 Å². The molecule has 0 unspecified atom stereocenters. The SMILES string of the molecule is N[C@@H]1CN(CCc2nc(-c3ccccc3)no2)C[C@H]1c1ccccc1. The molecule has 0 spiro atoms. The molecule has 5 heteroatoms. The highest BCUT2D eigenvalue weighted by atomic mass is 16.5. The molecule has 3 aromatic rings. The summed E-state index contributed by atoms with van der Waals surface area (Å²) in [5, 5.41) is 4.08. The Morgan fingerprint density at radius 1 is 1.00 bits per heavy atom. The van der Waals surface area contributed by atoms with Gasteiger partial charge in [-0.1, -0.05) is 65.8 Å². The van der Waals surface area contributed by atoms with Crippen molar-refractivity contribution < 1.29 is 4.52 Å². The highest BCUT2D eigenvalue weighted by Gasteiger charge is 2.31. The van der Waals surface area contributed by atoms with Crippen molar-refractivity contribution in [1.29, 1.82) is 0 Å². The second kappa shape index (κ2) is 7.17. The van der Waals surface area contributed by atoms with Crippen LogP contribution < -0.4 is 5.73 Å². The average molecular weight is 334 g/mol. The molecular weight excluding hydrogens is 312 g/mol. The van der Waals surface area contributed by atoms with Gasteiger partial charge in [-0.2, -0.15) is 4.98 Å². The number of nitrogens with zero attached hydrogens (tertiary/aromatic N) is 3. The summed E-state index contributed by atoms with van der Waals surface area (Å²) in [7, 11) is 0. The van der Waals surface area contributed by atoms with Crippen LogP contribution in [0.5, 0.6) is 0 Å². The van der Waals surface area contributed by atoms with Gasteiger partial charge in [0.2, 0.25) is 11.7 Å². The minimum atomic E-state index is 0.171. The van der Waals surface area contributed by atoms with Gasteiger partial charge in [-0.3, -0.25) is 0 Å². The van der Waals surface area contributed by atoms with Crippen LogP contribution in [0.15, 0.2) is 65.2 Å². The Morgan fingerprint density at radius 2 is 1.72 bits per heavy atom. The fourth-order valence-corrected chi connectivity index (χ4v) is 3.46. The van der Waals surface area contributed by atoms with Crippen molar-refractivity contribution in [2.45, 2.75) is 18.4 Å². The van der Waals surface area contributed by atoms with Crippen molar-refractivity contribution in [2.24, 2.45) is 5.73 Å². The quantitative estimate of drug-likeness (QED) is 0.777. The molecule has 0 bridgehead atoms. The van der Waals surface area contributed by atoms with Crippen LogP contribution >= 0.6 is 0 Å². The van der Waals surface area contributed by atoms with Gasteiger partial charge in [0.1, 0.15) is 0 Å². The van der Waals surface area contributed by atoms with Crippen LogP contribution in [0.2, 0.25) is 0 Å². The first-order valence-electron chi connectivity index (χ1n) is 8.70. The van der Waals surface area contributed by atoms with Gasteiger partial charge in [0.25, 0.3) is 0 Å². The zero-order valence-electron chi connectivity index (χ0n) is 14.1. The number of hydrogen-bond donors (Lipinski definition) is 1. The minimum absolute atomic E-state index is 0.171. The highest BCUT2D eigenvalue weighted by Crippen LogP contribution is 2.26. The van der Waals surface area contributed by atoms with Gasteiger partial charge in [0, 0.05) is 43.6 Å². The summed E-state index contributed by atoms with van der Waals surface area (Å²) in [5.74, 6) is 1.72. The molecule has 25 heavy (non-hydrogen) atoms. The van der Waals surface area contributed by atoms with E-state index in [-0.39, 0.29) is 6.04 Å². The molecule has 1 fully saturated rings. The molecule has 2 aromatic carbocycles. The van der Waals surface area contributed by atoms with Crippen molar-refractivity contribution in [3.63, 3.8) is 0 Å². The fourth-order valence-electron chi connectivity index (χ4n) is 3.46. The second-order valence-electron chi connectivity index (χ2n) is 6.57. The second-order valence-corrected chi connectivity index (χ2v) is 6.57. The molecular formula is C20H22N4O. The average Bonchev–Trinajstić information content (AvgIpc) is 3.28. The largest absolute Gasteiger partial charge is 0.339 e. The molecule has 128 valence electrons. The van der Waals surface area contributed by atoms with Gasteiger partial charge in [-0.25, -0.2) is 0 Å². The summed E-state index contributed by atoms with van der Waals surface area (Å²) < 4.78 is 5.40. The van der Waals surface area contributed by atoms with Gasteiger partial charge in [0.05, 0.1) is 0 Å². The molecule has 5 nitrogen and oxygen atoms in total. The lowest BCUT2D eigenvalue weighted by molar-refractivity contribution is 0.307. The molecule has 2 N–H and O–H groups in total. The van der Waals surface area contributed by atoms with Crippen molar-refractivity contribution in [1.82, 2.24) is 15.0 Å². The molecule has 1 aliphatic heterocycles. The zero-order chi connectivity index (χ0) is 17.1. The van der Waals surface area contributed by atoms with E-state index in [9.17, 15) is 0 Å². The summed E-state index contributed by atoms with van der Waals surface area (Å²) >= 11 is 0. The molecule has 0 saturated carbocycles. The predicted molar refractivity (Wildman–Crippen MR) is 97.0 cm³/mol. The van der Waals surface area contributed by atoms with Crippen LogP contribution in [0.3, 0.4) is 0 Å². The third-order valence-corrected chi connectivity index (χ3v) is 4.81. The first kappa shape index (κ1) is 16.0. The van der Waals surface area contributed by atoms with Crippen LogP contribution in [0.4, 0.5) is 0 Å². The summed E-state index contributed by atoms with van der Waals surface area (Å²) in [5.41, 5.74) is 8.66. The lowest BCUT2D eigenvalue weighted by Gasteiger charge is -2.15. The fraction of sp³-hybridized carbons (Fsp3) is 0.300. The van der Waals surface area contributed by atoms with Crippen LogP contribution in [0.25, 0.3) is 11.4 Å². The van der Waals surface area contributed by atoms with Gasteiger partial charge in [-0.15, -0.1) is 0 Å². The third-order valence-electron chi connectivity index (χ3n) is 4.81. The van der Waals surface area contributed by atoms with E-state index in [1.165, 1.54) is 5.56 Å². The van der Waals surface area contributed by atoms with Crippen molar-refractivity contribution in [3.8, 4) is 11.4 Å². The molecule has 0 aliphatic carbocycles. The number of hydrogen-bond acceptors (Lipinski definition) is 5. The summed E-state index contributed by atoms with van der Waals surface area (Å²) in [4.78, 5) is 6.89. The summed E-state index contributed by atoms with van der Waals surface area (Å²) in [6.07, 6.45) is 0.744. The topological polar surface area (TPSA) is 68.2 Å². The molecule has 2 atom stereocenters. The Balaban J connectivity index is 1.36. The first-order valence-corrected chi connectivity index (χ1v) is 8.70. The lowest BCUT2D eigenvalue weighted by atomic mass is 9.95.